The maximum absolute atomic E-state index is 12.0. The first-order valence-electron chi connectivity index (χ1n) is 4.89. The maximum atomic E-state index is 12.0. The monoisotopic (exact) mass is 216 g/mol. The minimum Gasteiger partial charge on any atom is -0.325 e. The summed E-state index contributed by atoms with van der Waals surface area (Å²) in [5.41, 5.74) is 7.33. The van der Waals surface area contributed by atoms with Gasteiger partial charge in [0.05, 0.1) is 17.5 Å². The molecule has 2 rings (SSSR count). The number of nitrogens with two attached hydrogens (primary N) is 1. The zero-order valence-corrected chi connectivity index (χ0v) is 8.92. The quantitative estimate of drug-likeness (QED) is 0.758. The normalized spacial score (nSPS) is 10.4. The lowest BCUT2D eigenvalue weighted by Gasteiger charge is -2.00. The fraction of sp³-hybridized carbons (Fsp3) is 0.182. The van der Waals surface area contributed by atoms with Crippen molar-refractivity contribution >= 4 is 5.78 Å². The van der Waals surface area contributed by atoms with E-state index < -0.39 is 0 Å². The number of carbonyl (C=O) groups excluding carboxylic acids is 1. The van der Waals surface area contributed by atoms with Crippen LogP contribution in [-0.4, -0.2) is 20.5 Å². The second-order valence-corrected chi connectivity index (χ2v) is 3.47. The van der Waals surface area contributed by atoms with Crippen molar-refractivity contribution in [2.75, 3.05) is 0 Å². The maximum Gasteiger partial charge on any atom is 0.196 e. The summed E-state index contributed by atoms with van der Waals surface area (Å²) in [7, 11) is 1.77. The van der Waals surface area contributed by atoms with Gasteiger partial charge in [-0.15, -0.1) is 0 Å². The molecule has 2 heterocycles. The van der Waals surface area contributed by atoms with Gasteiger partial charge in [0.25, 0.3) is 0 Å². The van der Waals surface area contributed by atoms with Gasteiger partial charge in [-0.25, -0.2) is 0 Å². The first-order chi connectivity index (χ1) is 7.70. The van der Waals surface area contributed by atoms with E-state index in [4.69, 9.17) is 5.73 Å². The van der Waals surface area contributed by atoms with Gasteiger partial charge in [0, 0.05) is 31.5 Å². The van der Waals surface area contributed by atoms with Crippen molar-refractivity contribution in [1.29, 1.82) is 0 Å². The molecule has 2 N–H and O–H groups in total. The van der Waals surface area contributed by atoms with Crippen LogP contribution in [0.1, 0.15) is 21.6 Å². The molecule has 16 heavy (non-hydrogen) atoms. The van der Waals surface area contributed by atoms with Crippen molar-refractivity contribution in [1.82, 2.24) is 14.8 Å². The van der Waals surface area contributed by atoms with E-state index in [1.165, 1.54) is 0 Å². The van der Waals surface area contributed by atoms with Crippen LogP contribution in [0, 0.1) is 0 Å². The number of ketones is 1. The van der Waals surface area contributed by atoms with Gasteiger partial charge in [0.2, 0.25) is 0 Å². The number of rotatable bonds is 3. The zero-order valence-electron chi connectivity index (χ0n) is 8.92. The Bertz CT molecular complexity index is 518. The largest absolute Gasteiger partial charge is 0.325 e. The lowest BCUT2D eigenvalue weighted by Crippen LogP contribution is -2.04. The Morgan fingerprint density at radius 3 is 2.94 bits per heavy atom. The van der Waals surface area contributed by atoms with Crippen LogP contribution in [0.5, 0.6) is 0 Å². The molecule has 0 aliphatic heterocycles. The van der Waals surface area contributed by atoms with Crippen LogP contribution >= 0.6 is 0 Å². The van der Waals surface area contributed by atoms with Gasteiger partial charge in [0.1, 0.15) is 0 Å². The van der Waals surface area contributed by atoms with Crippen LogP contribution in [0.15, 0.2) is 30.7 Å². The third-order valence-electron chi connectivity index (χ3n) is 2.25. The third-order valence-corrected chi connectivity index (χ3v) is 2.25. The van der Waals surface area contributed by atoms with Crippen molar-refractivity contribution < 1.29 is 4.79 Å². The van der Waals surface area contributed by atoms with Crippen molar-refractivity contribution in [3.63, 3.8) is 0 Å². The molecule has 0 amide bonds. The Balaban J connectivity index is 2.33. The molecule has 5 heteroatoms. The molecule has 0 aromatic carbocycles. The summed E-state index contributed by atoms with van der Waals surface area (Å²) in [6, 6.07) is 3.38. The summed E-state index contributed by atoms with van der Waals surface area (Å²) < 4.78 is 1.60. The van der Waals surface area contributed by atoms with Crippen molar-refractivity contribution in [2.24, 2.45) is 12.8 Å². The average Bonchev–Trinajstić information content (AvgIpc) is 2.75. The number of pyridine rings is 1. The molecule has 0 aliphatic carbocycles. The molecule has 0 bridgehead atoms. The second-order valence-electron chi connectivity index (χ2n) is 3.47. The predicted molar refractivity (Wildman–Crippen MR) is 58.8 cm³/mol. The number of aryl methyl sites for hydroxylation is 1. The summed E-state index contributed by atoms with van der Waals surface area (Å²) >= 11 is 0. The predicted octanol–water partition coefficient (Wildman–Crippen LogP) is 0.505. The van der Waals surface area contributed by atoms with E-state index in [1.54, 1.807) is 42.5 Å². The van der Waals surface area contributed by atoms with E-state index >= 15 is 0 Å². The number of hydrogen-bond donors (Lipinski definition) is 1. The zero-order chi connectivity index (χ0) is 11.5. The van der Waals surface area contributed by atoms with E-state index in [0.29, 0.717) is 23.4 Å². The number of nitrogens with zero attached hydrogens (tertiary/aromatic N) is 3. The molecule has 2 aromatic rings. The van der Waals surface area contributed by atoms with Crippen LogP contribution in [0.3, 0.4) is 0 Å². The molecule has 0 aliphatic rings. The summed E-state index contributed by atoms with van der Waals surface area (Å²) in [6.07, 6.45) is 4.82. The highest BCUT2D eigenvalue weighted by molar-refractivity contribution is 6.08. The standard InChI is InChI=1S/C11H12N4O/c1-15-7-9(6-14-15)11(16)8-2-3-13-10(4-8)5-12/h2-4,6-7H,5,12H2,1H3. The minimum atomic E-state index is -0.0646. The topological polar surface area (TPSA) is 73.8 Å². The molecule has 0 radical (unpaired) electrons. The van der Waals surface area contributed by atoms with Gasteiger partial charge in [-0.1, -0.05) is 0 Å². The highest BCUT2D eigenvalue weighted by Crippen LogP contribution is 2.09. The third kappa shape index (κ3) is 1.99. The van der Waals surface area contributed by atoms with E-state index in [1.807, 2.05) is 0 Å². The van der Waals surface area contributed by atoms with E-state index in [-0.39, 0.29) is 5.78 Å². The van der Waals surface area contributed by atoms with Gasteiger partial charge in [-0.2, -0.15) is 5.10 Å². The van der Waals surface area contributed by atoms with Crippen LogP contribution in [0.2, 0.25) is 0 Å². The molecule has 5 nitrogen and oxygen atoms in total. The lowest BCUT2D eigenvalue weighted by molar-refractivity contribution is 0.103. The summed E-state index contributed by atoms with van der Waals surface area (Å²) in [5.74, 6) is -0.0646. The average molecular weight is 216 g/mol. The van der Waals surface area contributed by atoms with E-state index in [0.717, 1.165) is 0 Å². The first-order valence-corrected chi connectivity index (χ1v) is 4.89. The summed E-state index contributed by atoms with van der Waals surface area (Å²) in [5, 5.41) is 3.96. The van der Waals surface area contributed by atoms with Crippen LogP contribution in [-0.2, 0) is 13.6 Å². The Kier molecular flexibility index (Phi) is 2.78. The molecule has 0 fully saturated rings. The van der Waals surface area contributed by atoms with Crippen LogP contribution in [0.4, 0.5) is 0 Å². The molecule has 0 unspecified atom stereocenters. The molecular formula is C11H12N4O. The van der Waals surface area contributed by atoms with Gasteiger partial charge in [0.15, 0.2) is 5.78 Å². The number of carbonyl (C=O) groups is 1. The molecule has 0 spiro atoms. The number of hydrogen-bond acceptors (Lipinski definition) is 4. The number of aromatic nitrogens is 3. The Morgan fingerprint density at radius 1 is 1.50 bits per heavy atom. The lowest BCUT2D eigenvalue weighted by atomic mass is 10.1. The molecule has 2 aromatic heterocycles. The molecular weight excluding hydrogens is 204 g/mol. The minimum absolute atomic E-state index is 0.0646. The fourth-order valence-electron chi connectivity index (χ4n) is 1.44. The Hall–Kier alpha value is -2.01. The summed E-state index contributed by atoms with van der Waals surface area (Å²) in [6.45, 7) is 0.328. The highest BCUT2D eigenvalue weighted by atomic mass is 16.1. The fourth-order valence-corrected chi connectivity index (χ4v) is 1.44. The van der Waals surface area contributed by atoms with Gasteiger partial charge < -0.3 is 5.73 Å². The van der Waals surface area contributed by atoms with E-state index in [9.17, 15) is 4.79 Å². The van der Waals surface area contributed by atoms with Gasteiger partial charge in [-0.3, -0.25) is 14.5 Å². The SMILES string of the molecule is Cn1cc(C(=O)c2ccnc(CN)c2)cn1. The Labute approximate surface area is 92.9 Å². The Morgan fingerprint density at radius 2 is 2.31 bits per heavy atom. The van der Waals surface area contributed by atoms with Crippen molar-refractivity contribution in [3.05, 3.63) is 47.5 Å². The molecule has 0 saturated heterocycles. The van der Waals surface area contributed by atoms with Gasteiger partial charge in [-0.05, 0) is 12.1 Å². The van der Waals surface area contributed by atoms with Crippen molar-refractivity contribution in [3.8, 4) is 0 Å². The second kappa shape index (κ2) is 4.24. The molecule has 0 atom stereocenters. The van der Waals surface area contributed by atoms with Crippen LogP contribution < -0.4 is 5.73 Å². The summed E-state index contributed by atoms with van der Waals surface area (Å²) in [4.78, 5) is 16.0. The van der Waals surface area contributed by atoms with E-state index in [2.05, 4.69) is 10.1 Å². The molecule has 82 valence electrons. The van der Waals surface area contributed by atoms with Crippen molar-refractivity contribution in [2.45, 2.75) is 6.54 Å². The molecule has 0 saturated carbocycles. The smallest absolute Gasteiger partial charge is 0.196 e. The van der Waals surface area contributed by atoms with Gasteiger partial charge >= 0.3 is 0 Å². The first kappa shape index (κ1) is 10.5. The van der Waals surface area contributed by atoms with Crippen LogP contribution in [0.25, 0.3) is 0 Å². The highest BCUT2D eigenvalue weighted by Gasteiger charge is 2.11.